The lowest BCUT2D eigenvalue weighted by atomic mass is 9.91. The van der Waals surface area contributed by atoms with Crippen LogP contribution in [0.3, 0.4) is 0 Å². The van der Waals surface area contributed by atoms with E-state index in [0.717, 1.165) is 41.9 Å². The molecular formula is C32H50N2O4. The van der Waals surface area contributed by atoms with Crippen molar-refractivity contribution in [3.8, 4) is 0 Å². The summed E-state index contributed by atoms with van der Waals surface area (Å²) in [5, 5.41) is 3.77. The maximum absolute atomic E-state index is 12.6. The van der Waals surface area contributed by atoms with Crippen molar-refractivity contribution >= 4 is 23.1 Å². The fourth-order valence-electron chi connectivity index (χ4n) is 4.73. The highest BCUT2D eigenvalue weighted by atomic mass is 16.7. The van der Waals surface area contributed by atoms with Crippen LogP contribution in [-0.4, -0.2) is 43.3 Å². The topological polar surface area (TPSA) is 69.2 Å². The number of ether oxygens (including phenoxy) is 3. The summed E-state index contributed by atoms with van der Waals surface area (Å²) in [5.74, 6) is 0.299. The molecular weight excluding hydrogens is 476 g/mol. The quantitative estimate of drug-likeness (QED) is 0.196. The number of carbonyl (C=O) groups is 1. The molecule has 2 aliphatic rings. The summed E-state index contributed by atoms with van der Waals surface area (Å²) in [4.78, 5) is 17.7. The van der Waals surface area contributed by atoms with Gasteiger partial charge in [-0.05, 0) is 63.3 Å². The van der Waals surface area contributed by atoms with Gasteiger partial charge < -0.3 is 19.5 Å². The van der Waals surface area contributed by atoms with Gasteiger partial charge in [-0.2, -0.15) is 0 Å². The summed E-state index contributed by atoms with van der Waals surface area (Å²) in [7, 11) is 0. The van der Waals surface area contributed by atoms with Crippen LogP contribution in [0.5, 0.6) is 0 Å². The smallest absolute Gasteiger partial charge is 0.311 e. The number of benzene rings is 1. The number of unbranched alkanes of at least 4 members (excludes halogenated alkanes) is 6. The highest BCUT2D eigenvalue weighted by Crippen LogP contribution is 2.36. The van der Waals surface area contributed by atoms with Crippen molar-refractivity contribution in [1.82, 2.24) is 0 Å². The molecule has 2 aliphatic heterocycles. The third kappa shape index (κ3) is 9.23. The van der Waals surface area contributed by atoms with Crippen molar-refractivity contribution < 1.29 is 19.0 Å². The Morgan fingerprint density at radius 2 is 1.79 bits per heavy atom. The van der Waals surface area contributed by atoms with Crippen LogP contribution in [0.15, 0.2) is 40.9 Å². The number of hydrogen-bond donors (Lipinski definition) is 1. The van der Waals surface area contributed by atoms with Gasteiger partial charge in [-0.3, -0.25) is 4.79 Å². The summed E-state index contributed by atoms with van der Waals surface area (Å²) in [5.41, 5.74) is 3.25. The zero-order chi connectivity index (χ0) is 27.5. The Hall–Kier alpha value is -2.18. The average molecular weight is 527 g/mol. The van der Waals surface area contributed by atoms with Crippen molar-refractivity contribution in [3.63, 3.8) is 0 Å². The molecule has 0 saturated heterocycles. The molecule has 6 heteroatoms. The second kappa shape index (κ2) is 14.8. The second-order valence-corrected chi connectivity index (χ2v) is 12.1. The molecule has 0 aromatic heterocycles. The first-order valence-electron chi connectivity index (χ1n) is 14.8. The molecule has 0 saturated carbocycles. The number of nitrogens with one attached hydrogen (secondary N) is 1. The Kier molecular flexibility index (Phi) is 11.9. The van der Waals surface area contributed by atoms with E-state index in [0.29, 0.717) is 12.5 Å². The monoisotopic (exact) mass is 526 g/mol. The van der Waals surface area contributed by atoms with Crippen LogP contribution in [0.4, 0.5) is 11.4 Å². The van der Waals surface area contributed by atoms with E-state index < -0.39 is 17.8 Å². The van der Waals surface area contributed by atoms with E-state index in [1.165, 1.54) is 38.5 Å². The van der Waals surface area contributed by atoms with Gasteiger partial charge >= 0.3 is 5.97 Å². The SMILES string of the molecule is CCCCCCCCC[C@H]1Nc2ccccc2N=C2C1=C[C@@H](OCCC(C)C)O[C@@H]2COC(=O)C(C)(C)C. The Balaban J connectivity index is 1.83. The highest BCUT2D eigenvalue weighted by Gasteiger charge is 2.37. The Morgan fingerprint density at radius 3 is 2.50 bits per heavy atom. The number of anilines is 1. The predicted octanol–water partition coefficient (Wildman–Crippen LogP) is 8.00. The molecule has 0 bridgehead atoms. The zero-order valence-corrected chi connectivity index (χ0v) is 24.6. The Morgan fingerprint density at radius 1 is 1.08 bits per heavy atom. The van der Waals surface area contributed by atoms with Gasteiger partial charge in [-0.25, -0.2) is 4.99 Å². The fourth-order valence-corrected chi connectivity index (χ4v) is 4.73. The van der Waals surface area contributed by atoms with Crippen molar-refractivity contribution in [2.75, 3.05) is 18.5 Å². The van der Waals surface area contributed by atoms with E-state index in [4.69, 9.17) is 19.2 Å². The van der Waals surface area contributed by atoms with E-state index >= 15 is 0 Å². The normalized spacial score (nSPS) is 21.1. The van der Waals surface area contributed by atoms with Gasteiger partial charge in [0, 0.05) is 0 Å². The number of esters is 1. The lowest BCUT2D eigenvalue weighted by Crippen LogP contribution is -2.44. The van der Waals surface area contributed by atoms with Gasteiger partial charge in [-0.15, -0.1) is 0 Å². The molecule has 3 rings (SSSR count). The number of fused-ring (bicyclic) bond motifs is 2. The van der Waals surface area contributed by atoms with Gasteiger partial charge in [0.25, 0.3) is 0 Å². The Labute approximate surface area is 230 Å². The van der Waals surface area contributed by atoms with Gasteiger partial charge in [0.2, 0.25) is 0 Å². The molecule has 212 valence electrons. The molecule has 0 spiro atoms. The van der Waals surface area contributed by atoms with Crippen LogP contribution in [-0.2, 0) is 19.0 Å². The van der Waals surface area contributed by atoms with Crippen molar-refractivity contribution in [2.45, 2.75) is 118 Å². The van der Waals surface area contributed by atoms with E-state index in [-0.39, 0.29) is 18.6 Å². The third-order valence-electron chi connectivity index (χ3n) is 7.12. The number of hydrogen-bond acceptors (Lipinski definition) is 6. The van der Waals surface area contributed by atoms with Crippen LogP contribution >= 0.6 is 0 Å². The van der Waals surface area contributed by atoms with Gasteiger partial charge in [0.05, 0.1) is 35.2 Å². The number of rotatable bonds is 14. The van der Waals surface area contributed by atoms with Crippen LogP contribution < -0.4 is 5.32 Å². The average Bonchev–Trinajstić information content (AvgIpc) is 3.02. The minimum Gasteiger partial charge on any atom is -0.462 e. The minimum absolute atomic E-state index is 0.0916. The molecule has 38 heavy (non-hydrogen) atoms. The second-order valence-electron chi connectivity index (χ2n) is 12.1. The summed E-state index contributed by atoms with van der Waals surface area (Å²) in [6.07, 6.45) is 11.9. The van der Waals surface area contributed by atoms with E-state index in [9.17, 15) is 4.79 Å². The maximum atomic E-state index is 12.6. The third-order valence-corrected chi connectivity index (χ3v) is 7.12. The first kappa shape index (κ1) is 30.4. The molecule has 1 N–H and O–H groups in total. The first-order valence-corrected chi connectivity index (χ1v) is 14.8. The molecule has 0 aliphatic carbocycles. The number of aliphatic imine (C=N–C) groups is 1. The largest absolute Gasteiger partial charge is 0.462 e. The Bertz CT molecular complexity index is 947. The molecule has 2 heterocycles. The molecule has 3 atom stereocenters. The molecule has 1 aromatic rings. The van der Waals surface area contributed by atoms with Gasteiger partial charge in [0.1, 0.15) is 12.7 Å². The molecule has 6 nitrogen and oxygen atoms in total. The molecule has 0 fully saturated rings. The van der Waals surface area contributed by atoms with E-state index in [2.05, 4.69) is 38.2 Å². The first-order chi connectivity index (χ1) is 18.2. The number of carbonyl (C=O) groups excluding carboxylic acids is 1. The van der Waals surface area contributed by atoms with E-state index in [1.807, 2.05) is 39.0 Å². The number of para-hydroxylation sites is 2. The minimum atomic E-state index is -0.584. The predicted molar refractivity (Wildman–Crippen MR) is 156 cm³/mol. The standard InChI is InChI=1S/C32H50N2O4/c1-7-8-9-10-11-12-13-16-25-24-21-29(36-20-19-23(2)3)38-28(22-37-31(35)32(4,5)6)30(24)34-27-18-15-14-17-26(27)33-25/h14-15,17-18,21,23,25,28-29,33H,7-13,16,19-20,22H2,1-6H3/t25-,28-,29+/m1/s1. The summed E-state index contributed by atoms with van der Waals surface area (Å²) in [6, 6.07) is 8.24. The fraction of sp³-hybridized carbons (Fsp3) is 0.688. The summed E-state index contributed by atoms with van der Waals surface area (Å²) < 4.78 is 18.3. The molecule has 1 aromatic carbocycles. The van der Waals surface area contributed by atoms with Crippen molar-refractivity contribution in [2.24, 2.45) is 16.3 Å². The van der Waals surface area contributed by atoms with E-state index in [1.54, 1.807) is 0 Å². The van der Waals surface area contributed by atoms with Crippen LogP contribution in [0.1, 0.15) is 99.3 Å². The number of nitrogens with zero attached hydrogens (tertiary/aromatic N) is 1. The summed E-state index contributed by atoms with van der Waals surface area (Å²) >= 11 is 0. The zero-order valence-electron chi connectivity index (χ0n) is 24.6. The lowest BCUT2D eigenvalue weighted by Gasteiger charge is -2.33. The maximum Gasteiger partial charge on any atom is 0.311 e. The van der Waals surface area contributed by atoms with Crippen LogP contribution in [0.25, 0.3) is 0 Å². The van der Waals surface area contributed by atoms with Crippen LogP contribution in [0.2, 0.25) is 0 Å². The van der Waals surface area contributed by atoms with Gasteiger partial charge in [0.15, 0.2) is 6.29 Å². The van der Waals surface area contributed by atoms with Crippen molar-refractivity contribution in [3.05, 3.63) is 35.9 Å². The van der Waals surface area contributed by atoms with Crippen molar-refractivity contribution in [1.29, 1.82) is 0 Å². The molecule has 0 amide bonds. The summed E-state index contributed by atoms with van der Waals surface area (Å²) in [6.45, 7) is 13.0. The molecule has 0 unspecified atom stereocenters. The highest BCUT2D eigenvalue weighted by molar-refractivity contribution is 6.08. The lowest BCUT2D eigenvalue weighted by molar-refractivity contribution is -0.166. The van der Waals surface area contributed by atoms with Gasteiger partial charge in [-0.1, -0.05) is 77.8 Å². The molecule has 0 radical (unpaired) electrons. The van der Waals surface area contributed by atoms with Crippen LogP contribution in [0, 0.1) is 11.3 Å².